The number of aromatic nitrogens is 1. The zero-order valence-electron chi connectivity index (χ0n) is 16.8. The van der Waals surface area contributed by atoms with Crippen LogP contribution in [0.25, 0.3) is 0 Å². The molecule has 1 aromatic rings. The standard InChI is InChI=1S/C18H29N5O3S.2ClH/c1-12(2)17(26)22-18-21-13(11-27-18)9-16(25)23-8-4-3-5-14(23)10-20-15(24)6-7-19;;/h11-12,14H,3-10,19H2,1-2H3,(H,20,24)(H,21,22,26);2*1H. The van der Waals surface area contributed by atoms with Crippen molar-refractivity contribution in [1.29, 1.82) is 0 Å². The smallest absolute Gasteiger partial charge is 0.228 e. The van der Waals surface area contributed by atoms with Crippen molar-refractivity contribution in [3.05, 3.63) is 11.1 Å². The molecule has 1 aliphatic rings. The molecule has 1 aliphatic heterocycles. The molecule has 8 nitrogen and oxygen atoms in total. The van der Waals surface area contributed by atoms with Gasteiger partial charge in [-0.3, -0.25) is 14.4 Å². The van der Waals surface area contributed by atoms with Gasteiger partial charge in [0, 0.05) is 43.4 Å². The monoisotopic (exact) mass is 467 g/mol. The lowest BCUT2D eigenvalue weighted by molar-refractivity contribution is -0.134. The van der Waals surface area contributed by atoms with Gasteiger partial charge in [-0.15, -0.1) is 36.2 Å². The normalized spacial score (nSPS) is 15.9. The van der Waals surface area contributed by atoms with Crippen molar-refractivity contribution < 1.29 is 14.4 Å². The van der Waals surface area contributed by atoms with Crippen LogP contribution >= 0.6 is 36.2 Å². The molecule has 0 radical (unpaired) electrons. The second-order valence-electron chi connectivity index (χ2n) is 7.04. The summed E-state index contributed by atoms with van der Waals surface area (Å²) in [5, 5.41) is 7.93. The molecular weight excluding hydrogens is 437 g/mol. The van der Waals surface area contributed by atoms with E-state index in [-0.39, 0.29) is 60.9 Å². The number of halogens is 2. The first-order valence-corrected chi connectivity index (χ1v) is 10.3. The van der Waals surface area contributed by atoms with Crippen molar-refractivity contribution in [3.63, 3.8) is 0 Å². The second kappa shape index (κ2) is 13.7. The molecule has 2 rings (SSSR count). The average molecular weight is 468 g/mol. The molecule has 0 bridgehead atoms. The van der Waals surface area contributed by atoms with Gasteiger partial charge in [-0.25, -0.2) is 4.98 Å². The molecule has 1 fully saturated rings. The molecule has 0 aromatic carbocycles. The summed E-state index contributed by atoms with van der Waals surface area (Å²) in [4.78, 5) is 42.4. The molecule has 2 heterocycles. The third-order valence-corrected chi connectivity index (χ3v) is 5.30. The molecule has 1 saturated heterocycles. The lowest BCUT2D eigenvalue weighted by Crippen LogP contribution is -2.50. The van der Waals surface area contributed by atoms with Gasteiger partial charge < -0.3 is 21.3 Å². The highest BCUT2D eigenvalue weighted by Gasteiger charge is 2.27. The summed E-state index contributed by atoms with van der Waals surface area (Å²) < 4.78 is 0. The van der Waals surface area contributed by atoms with E-state index in [1.54, 1.807) is 5.38 Å². The number of hydrogen-bond donors (Lipinski definition) is 3. The van der Waals surface area contributed by atoms with Crippen LogP contribution in [-0.4, -0.2) is 53.3 Å². The maximum Gasteiger partial charge on any atom is 0.228 e. The fourth-order valence-corrected chi connectivity index (χ4v) is 3.66. The zero-order valence-corrected chi connectivity index (χ0v) is 19.3. The molecule has 29 heavy (non-hydrogen) atoms. The van der Waals surface area contributed by atoms with Gasteiger partial charge in [0.05, 0.1) is 12.1 Å². The first kappa shape index (κ1) is 27.6. The molecule has 1 atom stereocenters. The van der Waals surface area contributed by atoms with Crippen molar-refractivity contribution >= 4 is 59.0 Å². The van der Waals surface area contributed by atoms with Gasteiger partial charge in [0.15, 0.2) is 5.13 Å². The summed E-state index contributed by atoms with van der Waals surface area (Å²) in [6, 6.07) is 0.00623. The van der Waals surface area contributed by atoms with Crippen LogP contribution in [0.4, 0.5) is 5.13 Å². The first-order chi connectivity index (χ1) is 12.9. The Kier molecular flexibility index (Phi) is 13.1. The predicted octanol–water partition coefficient (Wildman–Crippen LogP) is 1.97. The fourth-order valence-electron chi connectivity index (χ4n) is 2.94. The van der Waals surface area contributed by atoms with Gasteiger partial charge in [-0.2, -0.15) is 0 Å². The van der Waals surface area contributed by atoms with E-state index in [1.807, 2.05) is 18.7 Å². The summed E-state index contributed by atoms with van der Waals surface area (Å²) in [6.07, 6.45) is 3.38. The lowest BCUT2D eigenvalue weighted by atomic mass is 10.0. The largest absolute Gasteiger partial charge is 0.354 e. The second-order valence-corrected chi connectivity index (χ2v) is 7.90. The molecule has 3 amide bonds. The highest BCUT2D eigenvalue weighted by atomic mass is 35.5. The summed E-state index contributed by atoms with van der Waals surface area (Å²) in [6.45, 7) is 5.10. The van der Waals surface area contributed by atoms with Gasteiger partial charge in [-0.1, -0.05) is 13.8 Å². The number of piperidine rings is 1. The van der Waals surface area contributed by atoms with E-state index in [1.165, 1.54) is 11.3 Å². The van der Waals surface area contributed by atoms with E-state index in [9.17, 15) is 14.4 Å². The Morgan fingerprint density at radius 1 is 1.31 bits per heavy atom. The number of nitrogens with one attached hydrogen (secondary N) is 2. The number of hydrogen-bond acceptors (Lipinski definition) is 6. The molecular formula is C18H31Cl2N5O3S. The third kappa shape index (κ3) is 8.86. The summed E-state index contributed by atoms with van der Waals surface area (Å²) in [7, 11) is 0. The van der Waals surface area contributed by atoms with Gasteiger partial charge in [-0.05, 0) is 19.3 Å². The van der Waals surface area contributed by atoms with Crippen LogP contribution in [0.3, 0.4) is 0 Å². The number of rotatable bonds is 8. The third-order valence-electron chi connectivity index (χ3n) is 4.49. The van der Waals surface area contributed by atoms with Crippen LogP contribution in [0, 0.1) is 5.92 Å². The van der Waals surface area contributed by atoms with Gasteiger partial charge in [0.1, 0.15) is 0 Å². The quantitative estimate of drug-likeness (QED) is 0.539. The van der Waals surface area contributed by atoms with E-state index < -0.39 is 0 Å². The molecule has 166 valence electrons. The van der Waals surface area contributed by atoms with Crippen LogP contribution in [0.1, 0.15) is 45.2 Å². The number of anilines is 1. The Labute approximate surface area is 188 Å². The van der Waals surface area contributed by atoms with Crippen LogP contribution in [-0.2, 0) is 20.8 Å². The Bertz CT molecular complexity index is 672. The average Bonchev–Trinajstić information content (AvgIpc) is 3.07. The summed E-state index contributed by atoms with van der Waals surface area (Å²) in [5.74, 6) is -0.297. The number of nitrogens with zero attached hydrogens (tertiary/aromatic N) is 2. The molecule has 0 spiro atoms. The van der Waals surface area contributed by atoms with Crippen LogP contribution < -0.4 is 16.4 Å². The van der Waals surface area contributed by atoms with Gasteiger partial charge in [0.2, 0.25) is 17.7 Å². The van der Waals surface area contributed by atoms with E-state index in [0.717, 1.165) is 19.3 Å². The fraction of sp³-hybridized carbons (Fsp3) is 0.667. The van der Waals surface area contributed by atoms with Crippen molar-refractivity contribution in [1.82, 2.24) is 15.2 Å². The number of amides is 3. The number of carbonyl (C=O) groups excluding carboxylic acids is 3. The Balaban J connectivity index is 0.00000392. The van der Waals surface area contributed by atoms with Crippen LogP contribution in [0.2, 0.25) is 0 Å². The first-order valence-electron chi connectivity index (χ1n) is 9.42. The predicted molar refractivity (Wildman–Crippen MR) is 120 cm³/mol. The Hall–Kier alpha value is -1.42. The van der Waals surface area contributed by atoms with Crippen LogP contribution in [0.5, 0.6) is 0 Å². The molecule has 0 saturated carbocycles. The zero-order chi connectivity index (χ0) is 19.8. The van der Waals surface area contributed by atoms with E-state index in [2.05, 4.69) is 15.6 Å². The van der Waals surface area contributed by atoms with Gasteiger partial charge in [0.25, 0.3) is 0 Å². The number of thiazole rings is 1. The molecule has 11 heteroatoms. The number of likely N-dealkylation sites (tertiary alicyclic amines) is 1. The summed E-state index contributed by atoms with van der Waals surface area (Å²) in [5.41, 5.74) is 6.04. The molecule has 4 N–H and O–H groups in total. The van der Waals surface area contributed by atoms with Gasteiger partial charge >= 0.3 is 0 Å². The van der Waals surface area contributed by atoms with Crippen molar-refractivity contribution in [3.8, 4) is 0 Å². The molecule has 1 unspecified atom stereocenters. The highest BCUT2D eigenvalue weighted by molar-refractivity contribution is 7.13. The van der Waals surface area contributed by atoms with E-state index in [0.29, 0.717) is 36.9 Å². The van der Waals surface area contributed by atoms with Crippen molar-refractivity contribution in [2.24, 2.45) is 11.7 Å². The maximum absolute atomic E-state index is 12.8. The summed E-state index contributed by atoms with van der Waals surface area (Å²) >= 11 is 1.32. The van der Waals surface area contributed by atoms with Crippen molar-refractivity contribution in [2.45, 2.75) is 52.0 Å². The molecule has 1 aromatic heterocycles. The SMILES string of the molecule is CC(C)C(=O)Nc1nc(CC(=O)N2CCCCC2CNC(=O)CCN)cs1.Cl.Cl. The van der Waals surface area contributed by atoms with Crippen molar-refractivity contribution in [2.75, 3.05) is 25.0 Å². The van der Waals surface area contributed by atoms with E-state index >= 15 is 0 Å². The minimum atomic E-state index is -0.123. The Morgan fingerprint density at radius 3 is 2.69 bits per heavy atom. The highest BCUT2D eigenvalue weighted by Crippen LogP contribution is 2.20. The minimum absolute atomic E-state index is 0. The lowest BCUT2D eigenvalue weighted by Gasteiger charge is -2.36. The Morgan fingerprint density at radius 2 is 2.03 bits per heavy atom. The number of nitrogens with two attached hydrogens (primary N) is 1. The minimum Gasteiger partial charge on any atom is -0.354 e. The van der Waals surface area contributed by atoms with Crippen LogP contribution in [0.15, 0.2) is 5.38 Å². The maximum atomic E-state index is 12.8. The topological polar surface area (TPSA) is 117 Å². The number of carbonyl (C=O) groups is 3. The van der Waals surface area contributed by atoms with E-state index in [4.69, 9.17) is 5.73 Å². The molecule has 0 aliphatic carbocycles.